The van der Waals surface area contributed by atoms with E-state index in [9.17, 15) is 0 Å². The lowest BCUT2D eigenvalue weighted by atomic mass is 9.95. The van der Waals surface area contributed by atoms with Crippen LogP contribution >= 0.6 is 0 Å². The van der Waals surface area contributed by atoms with Crippen LogP contribution < -0.4 is 0 Å². The highest BCUT2D eigenvalue weighted by Crippen LogP contribution is 2.21. The predicted molar refractivity (Wildman–Crippen MR) is 86.5 cm³/mol. The zero-order valence-corrected chi connectivity index (χ0v) is 11.5. The molecular weight excluding hydrogens is 240 g/mol. The van der Waals surface area contributed by atoms with Crippen LogP contribution in [-0.4, -0.2) is 0 Å². The molecule has 0 nitrogen and oxygen atoms in total. The smallest absolute Gasteiger partial charge is 0.0248 e. The van der Waals surface area contributed by atoms with Crippen LogP contribution in [0.4, 0.5) is 0 Å². The first-order valence-electron chi connectivity index (χ1n) is 6.79. The van der Waals surface area contributed by atoms with E-state index in [0.717, 1.165) is 12.0 Å². The molecule has 1 unspecified atom stereocenters. The van der Waals surface area contributed by atoms with Crippen molar-refractivity contribution < 1.29 is 0 Å². The van der Waals surface area contributed by atoms with Crippen LogP contribution in [0.5, 0.6) is 0 Å². The summed E-state index contributed by atoms with van der Waals surface area (Å²) in [5, 5.41) is 0. The molecule has 0 aliphatic heterocycles. The number of rotatable bonds is 4. The van der Waals surface area contributed by atoms with Crippen LogP contribution in [0.2, 0.25) is 0 Å². The topological polar surface area (TPSA) is 0 Å². The summed E-state index contributed by atoms with van der Waals surface area (Å²) in [4.78, 5) is 0. The summed E-state index contributed by atoms with van der Waals surface area (Å²) in [7, 11) is 0. The molecule has 0 saturated heterocycles. The molecule has 0 amide bonds. The minimum Gasteiger partial charge on any atom is -0.103 e. The first-order valence-corrected chi connectivity index (χ1v) is 6.79. The molecule has 0 bridgehead atoms. The first-order chi connectivity index (χ1) is 9.90. The molecule has 0 aliphatic carbocycles. The fourth-order valence-corrected chi connectivity index (χ4v) is 2.02. The Hall–Kier alpha value is -2.52. The van der Waals surface area contributed by atoms with Gasteiger partial charge < -0.3 is 0 Å². The molecule has 1 atom stereocenters. The quantitative estimate of drug-likeness (QED) is 0.537. The normalized spacial score (nSPS) is 11.6. The SMILES string of the molecule is C=CCC(/C=C\C#Cc1ccccc1)c1ccccc1. The molecular formula is C20H18. The Bertz CT molecular complexity index is 609. The Morgan fingerprint density at radius 2 is 1.60 bits per heavy atom. The van der Waals surface area contributed by atoms with Crippen molar-refractivity contribution in [3.63, 3.8) is 0 Å². The standard InChI is InChI=1S/C20H18/c1-2-11-19(20-15-7-4-8-16-20)17-10-9-14-18-12-5-3-6-13-18/h2-8,10,12-13,15-17,19H,1,11H2/b17-10-. The van der Waals surface area contributed by atoms with Crippen molar-refractivity contribution in [1.29, 1.82) is 0 Å². The zero-order valence-electron chi connectivity index (χ0n) is 11.5. The molecule has 0 N–H and O–H groups in total. The maximum atomic E-state index is 3.83. The maximum Gasteiger partial charge on any atom is 0.0248 e. The average Bonchev–Trinajstić information content (AvgIpc) is 2.52. The lowest BCUT2D eigenvalue weighted by Gasteiger charge is -2.09. The highest BCUT2D eigenvalue weighted by atomic mass is 14.1. The van der Waals surface area contributed by atoms with E-state index in [2.05, 4.69) is 48.8 Å². The Morgan fingerprint density at radius 1 is 0.950 bits per heavy atom. The molecule has 0 fully saturated rings. The first kappa shape index (κ1) is 13.9. The summed E-state index contributed by atoms with van der Waals surface area (Å²) in [6.07, 6.45) is 6.96. The summed E-state index contributed by atoms with van der Waals surface area (Å²) in [6.45, 7) is 3.83. The molecule has 98 valence electrons. The molecule has 20 heavy (non-hydrogen) atoms. The number of allylic oxidation sites excluding steroid dienone is 3. The molecule has 0 aromatic heterocycles. The van der Waals surface area contributed by atoms with Crippen molar-refractivity contribution in [2.24, 2.45) is 0 Å². The lowest BCUT2D eigenvalue weighted by Crippen LogP contribution is -1.92. The largest absolute Gasteiger partial charge is 0.103 e. The van der Waals surface area contributed by atoms with Crippen molar-refractivity contribution in [2.45, 2.75) is 12.3 Å². The fraction of sp³-hybridized carbons (Fsp3) is 0.100. The van der Waals surface area contributed by atoms with Crippen LogP contribution in [0.3, 0.4) is 0 Å². The van der Waals surface area contributed by atoms with Gasteiger partial charge in [-0.25, -0.2) is 0 Å². The van der Waals surface area contributed by atoms with E-state index in [4.69, 9.17) is 0 Å². The molecule has 0 saturated carbocycles. The highest BCUT2D eigenvalue weighted by molar-refractivity contribution is 5.37. The van der Waals surface area contributed by atoms with Crippen molar-refractivity contribution >= 4 is 0 Å². The van der Waals surface area contributed by atoms with E-state index >= 15 is 0 Å². The third kappa shape index (κ3) is 4.30. The predicted octanol–water partition coefficient (Wildman–Crippen LogP) is 4.95. The summed E-state index contributed by atoms with van der Waals surface area (Å²) in [5.41, 5.74) is 2.34. The minimum absolute atomic E-state index is 0.346. The van der Waals surface area contributed by atoms with E-state index in [0.29, 0.717) is 5.92 Å². The van der Waals surface area contributed by atoms with Gasteiger partial charge in [0.05, 0.1) is 0 Å². The van der Waals surface area contributed by atoms with Gasteiger partial charge in [-0.1, -0.05) is 72.5 Å². The number of benzene rings is 2. The lowest BCUT2D eigenvalue weighted by molar-refractivity contribution is 0.866. The Morgan fingerprint density at radius 3 is 2.25 bits per heavy atom. The Labute approximate surface area is 121 Å². The van der Waals surface area contributed by atoms with Gasteiger partial charge in [-0.15, -0.1) is 6.58 Å². The van der Waals surface area contributed by atoms with Gasteiger partial charge in [0.25, 0.3) is 0 Å². The van der Waals surface area contributed by atoms with E-state index in [1.807, 2.05) is 48.6 Å². The van der Waals surface area contributed by atoms with Gasteiger partial charge in [0.15, 0.2) is 0 Å². The van der Waals surface area contributed by atoms with Crippen LogP contribution in [0.15, 0.2) is 85.5 Å². The molecule has 0 spiro atoms. The second-order valence-electron chi connectivity index (χ2n) is 4.54. The minimum atomic E-state index is 0.346. The number of hydrogen-bond donors (Lipinski definition) is 0. The average molecular weight is 258 g/mol. The molecule has 0 radical (unpaired) electrons. The van der Waals surface area contributed by atoms with E-state index < -0.39 is 0 Å². The van der Waals surface area contributed by atoms with Crippen LogP contribution in [-0.2, 0) is 0 Å². The molecule has 2 aromatic rings. The van der Waals surface area contributed by atoms with Gasteiger partial charge in [-0.05, 0) is 30.2 Å². The van der Waals surface area contributed by atoms with E-state index in [-0.39, 0.29) is 0 Å². The zero-order chi connectivity index (χ0) is 14.0. The third-order valence-corrected chi connectivity index (χ3v) is 3.05. The molecule has 0 heterocycles. The second kappa shape index (κ2) is 7.81. The molecule has 2 aromatic carbocycles. The second-order valence-corrected chi connectivity index (χ2v) is 4.54. The van der Waals surface area contributed by atoms with Crippen molar-refractivity contribution in [3.05, 3.63) is 96.6 Å². The van der Waals surface area contributed by atoms with Gasteiger partial charge >= 0.3 is 0 Å². The van der Waals surface area contributed by atoms with Gasteiger partial charge in [-0.2, -0.15) is 0 Å². The van der Waals surface area contributed by atoms with Gasteiger partial charge in [0, 0.05) is 11.5 Å². The summed E-state index contributed by atoms with van der Waals surface area (Å²) >= 11 is 0. The fourth-order valence-electron chi connectivity index (χ4n) is 2.02. The molecule has 0 aliphatic rings. The maximum absolute atomic E-state index is 3.83. The third-order valence-electron chi connectivity index (χ3n) is 3.05. The van der Waals surface area contributed by atoms with Crippen LogP contribution in [0, 0.1) is 11.8 Å². The van der Waals surface area contributed by atoms with E-state index in [1.165, 1.54) is 5.56 Å². The van der Waals surface area contributed by atoms with Crippen molar-refractivity contribution in [1.82, 2.24) is 0 Å². The molecule has 0 heteroatoms. The number of hydrogen-bond acceptors (Lipinski definition) is 0. The van der Waals surface area contributed by atoms with Crippen LogP contribution in [0.25, 0.3) is 0 Å². The highest BCUT2D eigenvalue weighted by Gasteiger charge is 2.04. The van der Waals surface area contributed by atoms with Gasteiger partial charge in [0.1, 0.15) is 0 Å². The van der Waals surface area contributed by atoms with Crippen LogP contribution in [0.1, 0.15) is 23.5 Å². The van der Waals surface area contributed by atoms with Crippen molar-refractivity contribution in [2.75, 3.05) is 0 Å². The van der Waals surface area contributed by atoms with E-state index in [1.54, 1.807) is 0 Å². The van der Waals surface area contributed by atoms with Crippen molar-refractivity contribution in [3.8, 4) is 11.8 Å². The van der Waals surface area contributed by atoms with Gasteiger partial charge in [0.2, 0.25) is 0 Å². The monoisotopic (exact) mass is 258 g/mol. The molecule has 2 rings (SSSR count). The Balaban J connectivity index is 2.07. The summed E-state index contributed by atoms with van der Waals surface area (Å²) < 4.78 is 0. The van der Waals surface area contributed by atoms with Gasteiger partial charge in [-0.3, -0.25) is 0 Å². The summed E-state index contributed by atoms with van der Waals surface area (Å²) in [6, 6.07) is 20.5. The Kier molecular flexibility index (Phi) is 5.43. The summed E-state index contributed by atoms with van der Waals surface area (Å²) in [5.74, 6) is 6.57.